The largest absolute Gasteiger partial charge is 0.469 e. The van der Waals surface area contributed by atoms with Crippen LogP contribution in [0.15, 0.2) is 41.5 Å². The highest BCUT2D eigenvalue weighted by Crippen LogP contribution is 2.25. The molecule has 0 bridgehead atoms. The minimum atomic E-state index is -0.0478. The second-order valence-corrected chi connectivity index (χ2v) is 6.38. The molecule has 0 saturated heterocycles. The maximum Gasteiger partial charge on any atom is 0.258 e. The smallest absolute Gasteiger partial charge is 0.258 e. The fourth-order valence-corrected chi connectivity index (χ4v) is 3.30. The van der Waals surface area contributed by atoms with Crippen LogP contribution in [-0.2, 0) is 20.0 Å². The Morgan fingerprint density at radius 2 is 2.15 bits per heavy atom. The highest BCUT2D eigenvalue weighted by atomic mass is 16.3. The van der Waals surface area contributed by atoms with Crippen LogP contribution in [0.25, 0.3) is 0 Å². The molecule has 0 aromatic carbocycles. The van der Waals surface area contributed by atoms with Gasteiger partial charge in [0.15, 0.2) is 0 Å². The molecule has 26 heavy (non-hydrogen) atoms. The third-order valence-electron chi connectivity index (χ3n) is 4.75. The van der Waals surface area contributed by atoms with E-state index >= 15 is 0 Å². The SMILES string of the molecule is Cc1occc1C(=O)N1Cc2ncn(C)c2C[C@@H]1CNc1ncccn1. The van der Waals surface area contributed by atoms with Crippen LogP contribution >= 0.6 is 0 Å². The fraction of sp³-hybridized carbons (Fsp3) is 0.333. The first-order valence-corrected chi connectivity index (χ1v) is 8.48. The van der Waals surface area contributed by atoms with Gasteiger partial charge in [0.25, 0.3) is 5.91 Å². The van der Waals surface area contributed by atoms with Crippen LogP contribution in [0.5, 0.6) is 0 Å². The van der Waals surface area contributed by atoms with Crippen LogP contribution in [0.2, 0.25) is 0 Å². The van der Waals surface area contributed by atoms with Gasteiger partial charge in [0.1, 0.15) is 5.76 Å². The van der Waals surface area contributed by atoms with E-state index in [9.17, 15) is 4.79 Å². The van der Waals surface area contributed by atoms with E-state index < -0.39 is 0 Å². The van der Waals surface area contributed by atoms with Crippen LogP contribution in [0.4, 0.5) is 5.95 Å². The maximum atomic E-state index is 13.1. The molecule has 4 rings (SSSR count). The Labute approximate surface area is 150 Å². The molecule has 1 aliphatic heterocycles. The Morgan fingerprint density at radius 3 is 2.88 bits per heavy atom. The number of hydrogen-bond acceptors (Lipinski definition) is 6. The van der Waals surface area contributed by atoms with Crippen molar-refractivity contribution in [2.75, 3.05) is 11.9 Å². The number of nitrogens with zero attached hydrogens (tertiary/aromatic N) is 5. The van der Waals surface area contributed by atoms with Crippen molar-refractivity contribution in [1.29, 1.82) is 0 Å². The molecule has 0 spiro atoms. The summed E-state index contributed by atoms with van der Waals surface area (Å²) in [7, 11) is 1.98. The number of aromatic nitrogens is 4. The lowest BCUT2D eigenvalue weighted by Crippen LogP contribution is -2.48. The molecule has 3 aromatic rings. The second-order valence-electron chi connectivity index (χ2n) is 6.38. The second kappa shape index (κ2) is 6.62. The van der Waals surface area contributed by atoms with Gasteiger partial charge in [-0.15, -0.1) is 0 Å². The number of rotatable bonds is 4. The molecule has 4 heterocycles. The molecule has 0 aliphatic carbocycles. The average molecular weight is 352 g/mol. The molecule has 8 nitrogen and oxygen atoms in total. The molecule has 1 N–H and O–H groups in total. The van der Waals surface area contributed by atoms with Gasteiger partial charge in [0, 0.05) is 38.1 Å². The molecule has 0 saturated carbocycles. The zero-order valence-corrected chi connectivity index (χ0v) is 14.7. The number of aryl methyl sites for hydroxylation is 2. The minimum absolute atomic E-state index is 0.0384. The van der Waals surface area contributed by atoms with Gasteiger partial charge in [-0.1, -0.05) is 0 Å². The lowest BCUT2D eigenvalue weighted by Gasteiger charge is -2.35. The fourth-order valence-electron chi connectivity index (χ4n) is 3.30. The number of nitrogens with one attached hydrogen (secondary N) is 1. The summed E-state index contributed by atoms with van der Waals surface area (Å²) in [5.41, 5.74) is 2.68. The topological polar surface area (TPSA) is 89.1 Å². The highest BCUT2D eigenvalue weighted by molar-refractivity contribution is 5.95. The van der Waals surface area contributed by atoms with Crippen LogP contribution in [0.3, 0.4) is 0 Å². The molecular weight excluding hydrogens is 332 g/mol. The van der Waals surface area contributed by atoms with Crippen LogP contribution in [-0.4, -0.2) is 42.9 Å². The summed E-state index contributed by atoms with van der Waals surface area (Å²) in [6.45, 7) is 2.83. The third kappa shape index (κ3) is 2.94. The number of furan rings is 1. The van der Waals surface area contributed by atoms with Gasteiger partial charge in [-0.05, 0) is 19.1 Å². The van der Waals surface area contributed by atoms with E-state index in [0.717, 1.165) is 11.4 Å². The van der Waals surface area contributed by atoms with E-state index in [4.69, 9.17) is 4.42 Å². The molecule has 1 aliphatic rings. The highest BCUT2D eigenvalue weighted by Gasteiger charge is 2.33. The normalized spacial score (nSPS) is 16.4. The Balaban J connectivity index is 1.60. The summed E-state index contributed by atoms with van der Waals surface area (Å²) in [5.74, 6) is 1.13. The van der Waals surface area contributed by atoms with Crippen molar-refractivity contribution in [3.05, 3.63) is 59.8 Å². The molecular formula is C18H20N6O2. The molecule has 0 fully saturated rings. The standard InChI is InChI=1S/C18H20N6O2/c1-12-14(4-7-26-12)17(25)24-10-15-16(23(2)11-22-15)8-13(24)9-21-18-19-5-3-6-20-18/h3-7,11,13H,8-10H2,1-2H3,(H,19,20,21)/t13-/m1/s1. The van der Waals surface area contributed by atoms with Gasteiger partial charge in [-0.2, -0.15) is 0 Å². The van der Waals surface area contributed by atoms with E-state index in [1.165, 1.54) is 0 Å². The Kier molecular flexibility index (Phi) is 4.16. The van der Waals surface area contributed by atoms with Crippen molar-refractivity contribution in [3.8, 4) is 0 Å². The van der Waals surface area contributed by atoms with Crippen LogP contribution < -0.4 is 5.32 Å². The molecule has 3 aromatic heterocycles. The van der Waals surface area contributed by atoms with Gasteiger partial charge in [0.2, 0.25) is 5.95 Å². The average Bonchev–Trinajstić information content (AvgIpc) is 3.25. The van der Waals surface area contributed by atoms with E-state index in [-0.39, 0.29) is 11.9 Å². The first kappa shape index (κ1) is 16.3. The number of amides is 1. The van der Waals surface area contributed by atoms with Crippen molar-refractivity contribution < 1.29 is 9.21 Å². The molecule has 0 radical (unpaired) electrons. The predicted octanol–water partition coefficient (Wildman–Crippen LogP) is 1.79. The van der Waals surface area contributed by atoms with Crippen molar-refractivity contribution in [2.24, 2.45) is 7.05 Å². The molecule has 1 atom stereocenters. The van der Waals surface area contributed by atoms with Gasteiger partial charge in [-0.3, -0.25) is 4.79 Å². The lowest BCUT2D eigenvalue weighted by molar-refractivity contribution is 0.0644. The number of imidazole rings is 1. The maximum absolute atomic E-state index is 13.1. The first-order valence-electron chi connectivity index (χ1n) is 8.48. The summed E-state index contributed by atoms with van der Waals surface area (Å²) >= 11 is 0. The van der Waals surface area contributed by atoms with E-state index in [1.54, 1.807) is 44.0 Å². The lowest BCUT2D eigenvalue weighted by atomic mass is 10.0. The zero-order valence-electron chi connectivity index (χ0n) is 14.7. The first-order chi connectivity index (χ1) is 12.6. The monoisotopic (exact) mass is 352 g/mol. The number of carbonyl (C=O) groups is 1. The van der Waals surface area contributed by atoms with Crippen molar-refractivity contribution in [3.63, 3.8) is 0 Å². The van der Waals surface area contributed by atoms with Crippen LogP contribution in [0.1, 0.15) is 27.5 Å². The Hall–Kier alpha value is -3.16. The summed E-state index contributed by atoms with van der Waals surface area (Å²) in [4.78, 5) is 27.8. The molecule has 8 heteroatoms. The summed E-state index contributed by atoms with van der Waals surface area (Å²) in [6.07, 6.45) is 7.44. The Morgan fingerprint density at radius 1 is 1.35 bits per heavy atom. The number of hydrogen-bond donors (Lipinski definition) is 1. The van der Waals surface area contributed by atoms with Gasteiger partial charge >= 0.3 is 0 Å². The predicted molar refractivity (Wildman–Crippen MR) is 94.5 cm³/mol. The summed E-state index contributed by atoms with van der Waals surface area (Å²) < 4.78 is 7.33. The molecule has 134 valence electrons. The number of fused-ring (bicyclic) bond motifs is 1. The van der Waals surface area contributed by atoms with Crippen LogP contribution in [0, 0.1) is 6.92 Å². The zero-order chi connectivity index (χ0) is 18.1. The van der Waals surface area contributed by atoms with Crippen molar-refractivity contribution in [2.45, 2.75) is 25.9 Å². The van der Waals surface area contributed by atoms with Gasteiger partial charge < -0.3 is 19.2 Å². The van der Waals surface area contributed by atoms with Crippen molar-refractivity contribution >= 4 is 11.9 Å². The summed E-state index contributed by atoms with van der Waals surface area (Å²) in [6, 6.07) is 3.45. The Bertz CT molecular complexity index is 917. The number of anilines is 1. The quantitative estimate of drug-likeness (QED) is 0.770. The van der Waals surface area contributed by atoms with Gasteiger partial charge in [-0.25, -0.2) is 15.0 Å². The van der Waals surface area contributed by atoms with E-state index in [2.05, 4.69) is 20.3 Å². The molecule has 1 amide bonds. The summed E-state index contributed by atoms with van der Waals surface area (Å²) in [5, 5.41) is 3.23. The van der Waals surface area contributed by atoms with E-state index in [1.807, 2.05) is 16.5 Å². The van der Waals surface area contributed by atoms with E-state index in [0.29, 0.717) is 36.8 Å². The third-order valence-corrected chi connectivity index (χ3v) is 4.75. The number of carbonyl (C=O) groups excluding carboxylic acids is 1. The molecule has 0 unspecified atom stereocenters. The van der Waals surface area contributed by atoms with Crippen molar-refractivity contribution in [1.82, 2.24) is 24.4 Å². The minimum Gasteiger partial charge on any atom is -0.469 e. The van der Waals surface area contributed by atoms with Gasteiger partial charge in [0.05, 0.1) is 36.4 Å².